The van der Waals surface area contributed by atoms with Crippen LogP contribution in [0.3, 0.4) is 0 Å². The Morgan fingerprint density at radius 1 is 1.21 bits per heavy atom. The summed E-state index contributed by atoms with van der Waals surface area (Å²) >= 11 is 4.25. The quantitative estimate of drug-likeness (QED) is 0.386. The zero-order valence-corrected chi connectivity index (χ0v) is 11.6. The van der Waals surface area contributed by atoms with Crippen molar-refractivity contribution in [3.8, 4) is 0 Å². The molecule has 1 aromatic carbocycles. The van der Waals surface area contributed by atoms with Gasteiger partial charge in [-0.3, -0.25) is 4.39 Å². The Balaban J connectivity index is 0.000000791. The van der Waals surface area contributed by atoms with E-state index in [9.17, 15) is 17.6 Å². The van der Waals surface area contributed by atoms with E-state index in [0.29, 0.717) is 12.1 Å². The van der Waals surface area contributed by atoms with Gasteiger partial charge in [-0.05, 0) is 5.56 Å². The van der Waals surface area contributed by atoms with E-state index in [1.165, 1.54) is 16.3 Å². The van der Waals surface area contributed by atoms with E-state index in [1.54, 1.807) is 0 Å². The predicted molar refractivity (Wildman–Crippen MR) is 44.8 cm³/mol. The van der Waals surface area contributed by atoms with E-state index in [-0.39, 0.29) is 5.56 Å². The number of hydrogen-bond donors (Lipinski definition) is 0. The first kappa shape index (κ1) is 13.9. The molecule has 14 heavy (non-hydrogen) atoms. The zero-order valence-electron chi connectivity index (χ0n) is 7.04. The van der Waals surface area contributed by atoms with E-state index >= 15 is 0 Å². The fourth-order valence-corrected chi connectivity index (χ4v) is 0.751. The first-order valence-electron chi connectivity index (χ1n) is 3.36. The molecule has 0 aromatic heterocycles. The first-order chi connectivity index (χ1) is 6.41. The van der Waals surface area contributed by atoms with Crippen molar-refractivity contribution in [1.82, 2.24) is 0 Å². The molecule has 0 amide bonds. The molecule has 0 aliphatic heterocycles. The van der Waals surface area contributed by atoms with Crippen LogP contribution in [0, 0.1) is 12.7 Å². The summed E-state index contributed by atoms with van der Waals surface area (Å²) in [5, 5.41) is 0. The van der Waals surface area contributed by atoms with Crippen molar-refractivity contribution in [2.45, 2.75) is 6.18 Å². The predicted octanol–water partition coefficient (Wildman–Crippen LogP) is 3.87. The average Bonchev–Trinajstić information content (AvgIpc) is 2.11. The van der Waals surface area contributed by atoms with Crippen LogP contribution in [0.5, 0.6) is 0 Å². The van der Waals surface area contributed by atoms with Crippen molar-refractivity contribution < 1.29 is 33.9 Å². The molecular formula is C8H5BrF4Zn. The molecule has 0 saturated heterocycles. The Kier molecular flexibility index (Phi) is 5.68. The molecule has 0 heterocycles. The van der Waals surface area contributed by atoms with E-state index in [1.807, 2.05) is 0 Å². The van der Waals surface area contributed by atoms with Crippen LogP contribution in [0.2, 0.25) is 0 Å². The molecule has 0 nitrogen and oxygen atoms in total. The van der Waals surface area contributed by atoms with Gasteiger partial charge < -0.3 is 0 Å². The molecule has 0 radical (unpaired) electrons. The molecule has 0 spiro atoms. The molecule has 74 valence electrons. The summed E-state index contributed by atoms with van der Waals surface area (Å²) in [5.74, 6) is -0.733. The molecule has 6 heteroatoms. The van der Waals surface area contributed by atoms with Crippen molar-refractivity contribution in [3.63, 3.8) is 0 Å². The first-order valence-corrected chi connectivity index (χ1v) is 10.3. The van der Waals surface area contributed by atoms with Gasteiger partial charge in [0.15, 0.2) is 0 Å². The third-order valence-electron chi connectivity index (χ3n) is 1.37. The topological polar surface area (TPSA) is 0 Å². The van der Waals surface area contributed by atoms with Crippen molar-refractivity contribution in [1.29, 1.82) is 0 Å². The van der Waals surface area contributed by atoms with Crippen LogP contribution in [-0.2, 0) is 22.5 Å². The Hall–Kier alpha value is -0.0866. The van der Waals surface area contributed by atoms with Crippen LogP contribution in [0.15, 0.2) is 18.2 Å². The Morgan fingerprint density at radius 3 is 2.07 bits per heavy atom. The second kappa shape index (κ2) is 5.71. The molecule has 0 bridgehead atoms. The van der Waals surface area contributed by atoms with Gasteiger partial charge in [0.05, 0.1) is 0 Å². The summed E-state index contributed by atoms with van der Waals surface area (Å²) in [5.41, 5.74) is -1.13. The molecule has 0 fully saturated rings. The Bertz CT molecular complexity index is 298. The SMILES string of the molecule is [CH2-]c1cc(C(F)(F)F)ccc1F.[Zn+][Br]. The molecule has 0 aliphatic carbocycles. The summed E-state index contributed by atoms with van der Waals surface area (Å²) in [6.45, 7) is 3.12. The van der Waals surface area contributed by atoms with Crippen LogP contribution in [0.4, 0.5) is 17.6 Å². The molecular weight excluding hydrogens is 317 g/mol. The number of benzene rings is 1. The van der Waals surface area contributed by atoms with Crippen LogP contribution in [0.25, 0.3) is 0 Å². The summed E-state index contributed by atoms with van der Waals surface area (Å²) in [7, 11) is 0. The standard InChI is InChI=1S/C8H5F4.BrH.Zn/c1-5-4-6(8(10,11)12)2-3-7(5)9;;/h2-4H,1H2;1H;/q-1;;+2/p-1. The Morgan fingerprint density at radius 2 is 1.71 bits per heavy atom. The van der Waals surface area contributed by atoms with Gasteiger partial charge in [0.1, 0.15) is 0 Å². The van der Waals surface area contributed by atoms with Crippen molar-refractivity contribution in [2.24, 2.45) is 0 Å². The molecule has 1 rings (SSSR count). The summed E-state index contributed by atoms with van der Waals surface area (Å²) in [4.78, 5) is 0. The number of rotatable bonds is 0. The van der Waals surface area contributed by atoms with Gasteiger partial charge in [-0.25, -0.2) is 0 Å². The van der Waals surface area contributed by atoms with Gasteiger partial charge in [0, 0.05) is 5.82 Å². The van der Waals surface area contributed by atoms with Crippen molar-refractivity contribution >= 4 is 13.6 Å². The minimum absolute atomic E-state index is 0.246. The molecule has 0 N–H and O–H groups in total. The van der Waals surface area contributed by atoms with Crippen LogP contribution >= 0.6 is 13.6 Å². The second-order valence-electron chi connectivity index (χ2n) is 2.30. The molecule has 0 unspecified atom stereocenters. The molecule has 1 aromatic rings. The van der Waals surface area contributed by atoms with Crippen LogP contribution < -0.4 is 0 Å². The van der Waals surface area contributed by atoms with Crippen LogP contribution in [-0.4, -0.2) is 0 Å². The molecule has 0 aliphatic rings. The number of hydrogen-bond acceptors (Lipinski definition) is 0. The third-order valence-corrected chi connectivity index (χ3v) is 1.37. The van der Waals surface area contributed by atoms with Crippen molar-refractivity contribution in [2.75, 3.05) is 0 Å². The fraction of sp³-hybridized carbons (Fsp3) is 0.125. The molecule has 0 saturated carbocycles. The van der Waals surface area contributed by atoms with E-state index < -0.39 is 17.6 Å². The molecule has 0 atom stereocenters. The normalized spacial score (nSPS) is 10.5. The van der Waals surface area contributed by atoms with Crippen molar-refractivity contribution in [3.05, 3.63) is 42.1 Å². The third kappa shape index (κ3) is 3.97. The van der Waals surface area contributed by atoms with Gasteiger partial charge in [0.25, 0.3) is 0 Å². The Labute approximate surface area is 95.7 Å². The van der Waals surface area contributed by atoms with Gasteiger partial charge >= 0.3 is 36.1 Å². The van der Waals surface area contributed by atoms with E-state index in [2.05, 4.69) is 20.5 Å². The summed E-state index contributed by atoms with van der Waals surface area (Å²) in [6.07, 6.45) is -4.43. The van der Waals surface area contributed by atoms with E-state index in [4.69, 9.17) is 0 Å². The van der Waals surface area contributed by atoms with Gasteiger partial charge in [-0.15, -0.1) is 6.07 Å². The zero-order chi connectivity index (χ0) is 11.4. The summed E-state index contributed by atoms with van der Waals surface area (Å²) < 4.78 is 48.3. The number of alkyl halides is 3. The maximum absolute atomic E-state index is 12.5. The van der Waals surface area contributed by atoms with Crippen LogP contribution in [0.1, 0.15) is 11.1 Å². The van der Waals surface area contributed by atoms with Gasteiger partial charge in [-0.2, -0.15) is 25.7 Å². The van der Waals surface area contributed by atoms with Gasteiger partial charge in [0.2, 0.25) is 0 Å². The second-order valence-corrected chi connectivity index (χ2v) is 2.30. The fourth-order valence-electron chi connectivity index (χ4n) is 0.751. The van der Waals surface area contributed by atoms with E-state index in [0.717, 1.165) is 6.07 Å². The van der Waals surface area contributed by atoms with Gasteiger partial charge in [-0.1, -0.05) is 12.1 Å². The monoisotopic (exact) mass is 320 g/mol. The number of halogens is 5. The minimum atomic E-state index is -4.43. The average molecular weight is 322 g/mol. The summed E-state index contributed by atoms with van der Waals surface area (Å²) in [6, 6.07) is 2.12. The maximum atomic E-state index is 12.5.